The number of rotatable bonds is 5. The predicted octanol–water partition coefficient (Wildman–Crippen LogP) is 3.80. The molecule has 0 saturated carbocycles. The molecule has 0 atom stereocenters. The molecule has 0 saturated heterocycles. The molecule has 0 aliphatic rings. The zero-order chi connectivity index (χ0) is 14.5. The first-order chi connectivity index (χ1) is 9.65. The summed E-state index contributed by atoms with van der Waals surface area (Å²) < 4.78 is 5.34. The minimum Gasteiger partial charge on any atom is -0.496 e. The van der Waals surface area contributed by atoms with Gasteiger partial charge in [0, 0.05) is 35.4 Å². The number of hydrogen-bond acceptors (Lipinski definition) is 3. The van der Waals surface area contributed by atoms with Crippen LogP contribution in [0.2, 0.25) is 5.02 Å². The van der Waals surface area contributed by atoms with E-state index in [0.717, 1.165) is 23.3 Å². The molecule has 0 amide bonds. The Morgan fingerprint density at radius 3 is 2.70 bits per heavy atom. The Labute approximate surface area is 123 Å². The highest BCUT2D eigenvalue weighted by Gasteiger charge is 2.10. The van der Waals surface area contributed by atoms with Crippen molar-refractivity contribution >= 4 is 23.6 Å². The number of carbonyl (C=O) groups excluding carboxylic acids is 1. The zero-order valence-electron chi connectivity index (χ0n) is 11.5. The molecule has 0 unspecified atom stereocenters. The van der Waals surface area contributed by atoms with Gasteiger partial charge in [-0.25, -0.2) is 0 Å². The number of para-hydroxylation sites is 1. The number of carbonyl (C=O) groups is 1. The summed E-state index contributed by atoms with van der Waals surface area (Å²) in [6.45, 7) is 0.630. The van der Waals surface area contributed by atoms with E-state index in [1.54, 1.807) is 25.3 Å². The molecule has 0 bridgehead atoms. The Hall–Kier alpha value is -2.00. The van der Waals surface area contributed by atoms with Gasteiger partial charge < -0.3 is 9.64 Å². The fraction of sp³-hybridized carbons (Fsp3) is 0.188. The van der Waals surface area contributed by atoms with E-state index in [4.69, 9.17) is 16.3 Å². The maximum absolute atomic E-state index is 11.1. The average Bonchev–Trinajstić information content (AvgIpc) is 2.47. The number of anilines is 1. The molecular formula is C16H16ClNO2. The third-order valence-electron chi connectivity index (χ3n) is 3.13. The lowest BCUT2D eigenvalue weighted by Gasteiger charge is -2.22. The van der Waals surface area contributed by atoms with E-state index in [1.807, 2.05) is 36.2 Å². The van der Waals surface area contributed by atoms with Gasteiger partial charge in [0.1, 0.15) is 5.75 Å². The molecule has 0 aromatic heterocycles. The molecule has 104 valence electrons. The number of benzene rings is 2. The Balaban J connectivity index is 2.30. The van der Waals surface area contributed by atoms with Crippen molar-refractivity contribution in [2.24, 2.45) is 0 Å². The van der Waals surface area contributed by atoms with Gasteiger partial charge in [0.15, 0.2) is 6.29 Å². The molecule has 3 nitrogen and oxygen atoms in total. The summed E-state index contributed by atoms with van der Waals surface area (Å²) in [5.74, 6) is 0.828. The summed E-state index contributed by atoms with van der Waals surface area (Å²) in [6, 6.07) is 13.0. The van der Waals surface area contributed by atoms with Gasteiger partial charge in [-0.3, -0.25) is 4.79 Å². The SMILES string of the molecule is COc1ccccc1CN(C)c1cc(Cl)ccc1C=O. The minimum absolute atomic E-state index is 0.609. The Morgan fingerprint density at radius 1 is 1.25 bits per heavy atom. The molecule has 0 fully saturated rings. The topological polar surface area (TPSA) is 29.5 Å². The summed E-state index contributed by atoms with van der Waals surface area (Å²) in [6.07, 6.45) is 0.838. The van der Waals surface area contributed by atoms with Crippen LogP contribution in [0.3, 0.4) is 0 Å². The van der Waals surface area contributed by atoms with Crippen molar-refractivity contribution < 1.29 is 9.53 Å². The van der Waals surface area contributed by atoms with Gasteiger partial charge in [-0.05, 0) is 24.3 Å². The van der Waals surface area contributed by atoms with Crippen LogP contribution in [0.15, 0.2) is 42.5 Å². The molecule has 4 heteroatoms. The van der Waals surface area contributed by atoms with E-state index in [-0.39, 0.29) is 0 Å². The number of nitrogens with zero attached hydrogens (tertiary/aromatic N) is 1. The fourth-order valence-corrected chi connectivity index (χ4v) is 2.29. The summed E-state index contributed by atoms with van der Waals surface area (Å²) >= 11 is 6.01. The van der Waals surface area contributed by atoms with Gasteiger partial charge in [0.05, 0.1) is 7.11 Å². The molecule has 2 aromatic carbocycles. The second-order valence-electron chi connectivity index (χ2n) is 4.49. The van der Waals surface area contributed by atoms with Gasteiger partial charge in [-0.1, -0.05) is 29.8 Å². The van der Waals surface area contributed by atoms with E-state index in [9.17, 15) is 4.79 Å². The Kier molecular flexibility index (Phi) is 4.64. The van der Waals surface area contributed by atoms with Crippen LogP contribution in [0.5, 0.6) is 5.75 Å². The lowest BCUT2D eigenvalue weighted by atomic mass is 10.1. The molecule has 0 aliphatic heterocycles. The second kappa shape index (κ2) is 6.44. The highest BCUT2D eigenvalue weighted by atomic mass is 35.5. The first-order valence-corrected chi connectivity index (χ1v) is 6.61. The maximum Gasteiger partial charge on any atom is 0.152 e. The number of ether oxygens (including phenoxy) is 1. The van der Waals surface area contributed by atoms with E-state index >= 15 is 0 Å². The summed E-state index contributed by atoms with van der Waals surface area (Å²) in [4.78, 5) is 13.1. The van der Waals surface area contributed by atoms with E-state index in [0.29, 0.717) is 17.1 Å². The average molecular weight is 290 g/mol. The first-order valence-electron chi connectivity index (χ1n) is 6.23. The smallest absolute Gasteiger partial charge is 0.152 e. The van der Waals surface area contributed by atoms with E-state index < -0.39 is 0 Å². The summed E-state index contributed by atoms with van der Waals surface area (Å²) in [5.41, 5.74) is 2.47. The zero-order valence-corrected chi connectivity index (χ0v) is 12.2. The number of aldehydes is 1. The molecule has 0 N–H and O–H groups in total. The lowest BCUT2D eigenvalue weighted by Crippen LogP contribution is -2.18. The summed E-state index contributed by atoms with van der Waals surface area (Å²) in [5, 5.41) is 0.609. The van der Waals surface area contributed by atoms with E-state index in [1.165, 1.54) is 0 Å². The van der Waals surface area contributed by atoms with Crippen LogP contribution >= 0.6 is 11.6 Å². The Morgan fingerprint density at radius 2 is 2.00 bits per heavy atom. The molecule has 2 aromatic rings. The van der Waals surface area contributed by atoms with Crippen LogP contribution in [0.4, 0.5) is 5.69 Å². The highest BCUT2D eigenvalue weighted by molar-refractivity contribution is 6.31. The number of methoxy groups -OCH3 is 1. The molecule has 2 rings (SSSR count). The maximum atomic E-state index is 11.1. The van der Waals surface area contributed by atoms with Crippen molar-refractivity contribution in [2.45, 2.75) is 6.54 Å². The summed E-state index contributed by atoms with van der Waals surface area (Å²) in [7, 11) is 3.57. The van der Waals surface area contributed by atoms with Crippen molar-refractivity contribution in [1.29, 1.82) is 0 Å². The van der Waals surface area contributed by atoms with E-state index in [2.05, 4.69) is 0 Å². The van der Waals surface area contributed by atoms with Crippen LogP contribution in [-0.4, -0.2) is 20.4 Å². The highest BCUT2D eigenvalue weighted by Crippen LogP contribution is 2.26. The number of hydrogen-bond donors (Lipinski definition) is 0. The molecule has 0 heterocycles. The largest absolute Gasteiger partial charge is 0.496 e. The molecule has 0 radical (unpaired) electrons. The third-order valence-corrected chi connectivity index (χ3v) is 3.37. The minimum atomic E-state index is 0.609. The fourth-order valence-electron chi connectivity index (χ4n) is 2.12. The van der Waals surface area contributed by atoms with Gasteiger partial charge in [-0.15, -0.1) is 0 Å². The quantitative estimate of drug-likeness (QED) is 0.784. The van der Waals surface area contributed by atoms with Crippen molar-refractivity contribution in [3.63, 3.8) is 0 Å². The predicted molar refractivity (Wildman–Crippen MR) is 81.9 cm³/mol. The van der Waals surface area contributed by atoms with Crippen LogP contribution < -0.4 is 9.64 Å². The van der Waals surface area contributed by atoms with Crippen LogP contribution in [-0.2, 0) is 6.54 Å². The standard InChI is InChI=1S/C16H16ClNO2/c1-18(10-12-5-3-4-6-16(12)20-2)15-9-14(17)8-7-13(15)11-19/h3-9,11H,10H2,1-2H3. The molecule has 20 heavy (non-hydrogen) atoms. The first kappa shape index (κ1) is 14.4. The van der Waals surface area contributed by atoms with Gasteiger partial charge in [-0.2, -0.15) is 0 Å². The van der Waals surface area contributed by atoms with Crippen LogP contribution in [0, 0.1) is 0 Å². The van der Waals surface area contributed by atoms with Gasteiger partial charge >= 0.3 is 0 Å². The van der Waals surface area contributed by atoms with Gasteiger partial charge in [0.2, 0.25) is 0 Å². The van der Waals surface area contributed by atoms with Crippen LogP contribution in [0.25, 0.3) is 0 Å². The van der Waals surface area contributed by atoms with Crippen molar-refractivity contribution in [3.8, 4) is 5.75 Å². The normalized spacial score (nSPS) is 10.2. The second-order valence-corrected chi connectivity index (χ2v) is 4.93. The lowest BCUT2D eigenvalue weighted by molar-refractivity contribution is 0.112. The third kappa shape index (κ3) is 3.11. The van der Waals surface area contributed by atoms with Crippen molar-refractivity contribution in [2.75, 3.05) is 19.1 Å². The Bertz CT molecular complexity index is 613. The monoisotopic (exact) mass is 289 g/mol. The van der Waals surface area contributed by atoms with Gasteiger partial charge in [0.25, 0.3) is 0 Å². The van der Waals surface area contributed by atoms with Crippen molar-refractivity contribution in [3.05, 3.63) is 58.6 Å². The molecule has 0 spiro atoms. The molecule has 0 aliphatic carbocycles. The van der Waals surface area contributed by atoms with Crippen LogP contribution in [0.1, 0.15) is 15.9 Å². The van der Waals surface area contributed by atoms with Crippen molar-refractivity contribution in [1.82, 2.24) is 0 Å². The molecular weight excluding hydrogens is 274 g/mol. The number of halogens is 1.